The van der Waals surface area contributed by atoms with Gasteiger partial charge in [0.1, 0.15) is 5.75 Å². The van der Waals surface area contributed by atoms with Crippen molar-refractivity contribution in [1.29, 1.82) is 0 Å². The van der Waals surface area contributed by atoms with Crippen LogP contribution in [0.4, 0.5) is 0 Å². The molecule has 20 heavy (non-hydrogen) atoms. The minimum absolute atomic E-state index is 0.0575. The van der Waals surface area contributed by atoms with E-state index in [2.05, 4.69) is 10.2 Å². The van der Waals surface area contributed by atoms with E-state index in [4.69, 9.17) is 4.74 Å². The number of aromatic nitrogens is 2. The predicted octanol–water partition coefficient (Wildman–Crippen LogP) is 2.32. The fraction of sp³-hybridized carbons (Fsp3) is 0.333. The molecule has 1 aromatic carbocycles. The number of hydrogen-bond donors (Lipinski definition) is 1. The van der Waals surface area contributed by atoms with E-state index in [9.17, 15) is 4.79 Å². The summed E-state index contributed by atoms with van der Waals surface area (Å²) in [6.45, 7) is 1.68. The second-order valence-corrected chi connectivity index (χ2v) is 4.89. The Hall–Kier alpha value is -2.30. The number of amides is 1. The predicted molar refractivity (Wildman–Crippen MR) is 75.7 cm³/mol. The summed E-state index contributed by atoms with van der Waals surface area (Å²) in [5.41, 5.74) is 2.34. The Kier molecular flexibility index (Phi) is 3.41. The molecule has 1 aliphatic heterocycles. The van der Waals surface area contributed by atoms with E-state index in [1.165, 1.54) is 0 Å². The standard InChI is InChI=1S/C15H17N3O2/c1-20-12-6-4-11(5-7-12)14-13(10-16-17-14)15(19)18-8-2-3-9-18/h4-7,10H,2-3,8-9H2,1H3,(H,16,17). The van der Waals surface area contributed by atoms with Crippen LogP contribution >= 0.6 is 0 Å². The first-order valence-electron chi connectivity index (χ1n) is 6.76. The lowest BCUT2D eigenvalue weighted by molar-refractivity contribution is 0.0793. The normalized spacial score (nSPS) is 14.6. The maximum absolute atomic E-state index is 12.5. The van der Waals surface area contributed by atoms with Gasteiger partial charge in [-0.1, -0.05) is 0 Å². The maximum Gasteiger partial charge on any atom is 0.257 e. The van der Waals surface area contributed by atoms with Crippen LogP contribution in [0, 0.1) is 0 Å². The largest absolute Gasteiger partial charge is 0.497 e. The number of H-pyrrole nitrogens is 1. The van der Waals surface area contributed by atoms with Crippen LogP contribution in [0.1, 0.15) is 23.2 Å². The van der Waals surface area contributed by atoms with Gasteiger partial charge in [0.25, 0.3) is 5.91 Å². The Morgan fingerprint density at radius 1 is 1.25 bits per heavy atom. The number of carbonyl (C=O) groups is 1. The zero-order valence-corrected chi connectivity index (χ0v) is 11.4. The summed E-state index contributed by atoms with van der Waals surface area (Å²) in [5, 5.41) is 6.96. The fourth-order valence-electron chi connectivity index (χ4n) is 2.52. The lowest BCUT2D eigenvalue weighted by Crippen LogP contribution is -2.27. The zero-order chi connectivity index (χ0) is 13.9. The van der Waals surface area contributed by atoms with Crippen molar-refractivity contribution in [2.75, 3.05) is 20.2 Å². The van der Waals surface area contributed by atoms with E-state index < -0.39 is 0 Å². The van der Waals surface area contributed by atoms with Crippen molar-refractivity contribution in [2.45, 2.75) is 12.8 Å². The van der Waals surface area contributed by atoms with Crippen molar-refractivity contribution in [3.05, 3.63) is 36.0 Å². The highest BCUT2D eigenvalue weighted by atomic mass is 16.5. The SMILES string of the molecule is COc1ccc(-c2[nH]ncc2C(=O)N2CCCC2)cc1. The first-order chi connectivity index (χ1) is 9.79. The Morgan fingerprint density at radius 3 is 2.60 bits per heavy atom. The highest BCUT2D eigenvalue weighted by Gasteiger charge is 2.23. The topological polar surface area (TPSA) is 58.2 Å². The molecule has 0 aliphatic carbocycles. The second-order valence-electron chi connectivity index (χ2n) is 4.89. The van der Waals surface area contributed by atoms with Gasteiger partial charge in [0, 0.05) is 18.7 Å². The number of nitrogens with one attached hydrogen (secondary N) is 1. The molecule has 1 amide bonds. The van der Waals surface area contributed by atoms with Gasteiger partial charge in [-0.25, -0.2) is 0 Å². The second kappa shape index (κ2) is 5.36. The van der Waals surface area contributed by atoms with Gasteiger partial charge >= 0.3 is 0 Å². The molecule has 5 nitrogen and oxygen atoms in total. The number of carbonyl (C=O) groups excluding carboxylic acids is 1. The van der Waals surface area contributed by atoms with Crippen molar-refractivity contribution < 1.29 is 9.53 Å². The van der Waals surface area contributed by atoms with E-state index in [1.54, 1.807) is 13.3 Å². The number of ether oxygens (including phenoxy) is 1. The van der Waals surface area contributed by atoms with Gasteiger partial charge in [-0.05, 0) is 37.1 Å². The summed E-state index contributed by atoms with van der Waals surface area (Å²) >= 11 is 0. The molecule has 1 fully saturated rings. The number of hydrogen-bond acceptors (Lipinski definition) is 3. The van der Waals surface area contributed by atoms with Gasteiger partial charge in [0.2, 0.25) is 0 Å². The van der Waals surface area contributed by atoms with Crippen LogP contribution in [0.2, 0.25) is 0 Å². The molecule has 1 aromatic heterocycles. The number of aromatic amines is 1. The molecule has 3 rings (SSSR count). The molecular weight excluding hydrogens is 254 g/mol. The lowest BCUT2D eigenvalue weighted by atomic mass is 10.1. The van der Waals surface area contributed by atoms with E-state index in [0.717, 1.165) is 42.9 Å². The van der Waals surface area contributed by atoms with E-state index in [0.29, 0.717) is 5.56 Å². The number of nitrogens with zero attached hydrogens (tertiary/aromatic N) is 2. The smallest absolute Gasteiger partial charge is 0.257 e. The summed E-state index contributed by atoms with van der Waals surface area (Å²) < 4.78 is 5.14. The first-order valence-corrected chi connectivity index (χ1v) is 6.76. The van der Waals surface area contributed by atoms with Crippen molar-refractivity contribution in [3.8, 4) is 17.0 Å². The third-order valence-electron chi connectivity index (χ3n) is 3.64. The van der Waals surface area contributed by atoms with Gasteiger partial charge in [-0.2, -0.15) is 5.10 Å². The van der Waals surface area contributed by atoms with Crippen LogP contribution in [-0.4, -0.2) is 41.2 Å². The van der Waals surface area contributed by atoms with Gasteiger partial charge in [-0.15, -0.1) is 0 Å². The molecule has 5 heteroatoms. The average molecular weight is 271 g/mol. The lowest BCUT2D eigenvalue weighted by Gasteiger charge is -2.15. The fourth-order valence-corrected chi connectivity index (χ4v) is 2.52. The van der Waals surface area contributed by atoms with Gasteiger partial charge in [0.15, 0.2) is 0 Å². The summed E-state index contributed by atoms with van der Waals surface area (Å²) in [4.78, 5) is 14.4. The van der Waals surface area contributed by atoms with Gasteiger partial charge in [0.05, 0.1) is 24.6 Å². The van der Waals surface area contributed by atoms with Crippen LogP contribution in [0.3, 0.4) is 0 Å². The summed E-state index contributed by atoms with van der Waals surface area (Å²) in [5.74, 6) is 0.850. The van der Waals surface area contributed by atoms with Crippen LogP contribution in [0.15, 0.2) is 30.5 Å². The molecule has 1 aliphatic rings. The molecule has 0 unspecified atom stereocenters. The summed E-state index contributed by atoms with van der Waals surface area (Å²) in [7, 11) is 1.63. The van der Waals surface area contributed by atoms with Crippen molar-refractivity contribution in [1.82, 2.24) is 15.1 Å². The Morgan fingerprint density at radius 2 is 1.95 bits per heavy atom. The quantitative estimate of drug-likeness (QED) is 0.932. The molecule has 2 aromatic rings. The highest BCUT2D eigenvalue weighted by molar-refractivity contribution is 5.99. The third-order valence-corrected chi connectivity index (χ3v) is 3.64. The zero-order valence-electron chi connectivity index (χ0n) is 11.4. The molecule has 2 heterocycles. The Bertz CT molecular complexity index is 598. The number of methoxy groups -OCH3 is 1. The summed E-state index contributed by atoms with van der Waals surface area (Å²) in [6.07, 6.45) is 3.78. The van der Waals surface area contributed by atoms with Crippen LogP contribution < -0.4 is 4.74 Å². The molecule has 104 valence electrons. The minimum atomic E-state index is 0.0575. The molecule has 0 bridgehead atoms. The molecule has 0 spiro atoms. The molecule has 1 N–H and O–H groups in total. The Labute approximate surface area is 117 Å². The van der Waals surface area contributed by atoms with Crippen LogP contribution in [0.25, 0.3) is 11.3 Å². The average Bonchev–Trinajstić information content (AvgIpc) is 3.18. The van der Waals surface area contributed by atoms with E-state index in [1.807, 2.05) is 29.2 Å². The highest BCUT2D eigenvalue weighted by Crippen LogP contribution is 2.25. The van der Waals surface area contributed by atoms with Gasteiger partial charge < -0.3 is 9.64 Å². The van der Waals surface area contributed by atoms with Crippen LogP contribution in [-0.2, 0) is 0 Å². The van der Waals surface area contributed by atoms with Crippen LogP contribution in [0.5, 0.6) is 5.75 Å². The maximum atomic E-state index is 12.5. The minimum Gasteiger partial charge on any atom is -0.497 e. The number of rotatable bonds is 3. The monoisotopic (exact) mass is 271 g/mol. The van der Waals surface area contributed by atoms with Gasteiger partial charge in [-0.3, -0.25) is 9.89 Å². The molecular formula is C15H17N3O2. The first kappa shape index (κ1) is 12.7. The van der Waals surface area contributed by atoms with E-state index >= 15 is 0 Å². The number of benzene rings is 1. The number of likely N-dealkylation sites (tertiary alicyclic amines) is 1. The van der Waals surface area contributed by atoms with Crippen molar-refractivity contribution in [2.24, 2.45) is 0 Å². The van der Waals surface area contributed by atoms with Crippen molar-refractivity contribution in [3.63, 3.8) is 0 Å². The molecule has 0 atom stereocenters. The third kappa shape index (κ3) is 2.27. The molecule has 0 radical (unpaired) electrons. The Balaban J connectivity index is 1.90. The molecule has 1 saturated heterocycles. The molecule has 0 saturated carbocycles. The summed E-state index contributed by atoms with van der Waals surface area (Å²) in [6, 6.07) is 7.60. The van der Waals surface area contributed by atoms with Crippen molar-refractivity contribution >= 4 is 5.91 Å². The van der Waals surface area contributed by atoms with E-state index in [-0.39, 0.29) is 5.91 Å².